The highest BCUT2D eigenvalue weighted by Gasteiger charge is 2.10. The van der Waals surface area contributed by atoms with E-state index in [-0.39, 0.29) is 0 Å². The number of nitrogens with one attached hydrogen (secondary N) is 1. The number of ether oxygens (including phenoxy) is 2. The molecule has 0 saturated carbocycles. The van der Waals surface area contributed by atoms with Crippen molar-refractivity contribution in [2.75, 3.05) is 19.5 Å². The third kappa shape index (κ3) is 3.21. The lowest BCUT2D eigenvalue weighted by Crippen LogP contribution is -2.08. The molecule has 0 aliphatic heterocycles. The van der Waals surface area contributed by atoms with Crippen molar-refractivity contribution >= 4 is 5.69 Å². The lowest BCUT2D eigenvalue weighted by atomic mass is 10.1. The molecule has 0 heterocycles. The number of benzene rings is 2. The predicted molar refractivity (Wildman–Crippen MR) is 78.0 cm³/mol. The monoisotopic (exact) mass is 268 g/mol. The molecule has 0 amide bonds. The molecule has 0 aliphatic rings. The van der Waals surface area contributed by atoms with Crippen LogP contribution in [0.2, 0.25) is 0 Å². The van der Waals surface area contributed by atoms with Gasteiger partial charge < -0.3 is 14.8 Å². The molecular formula is C16H16N2O2. The van der Waals surface area contributed by atoms with Crippen molar-refractivity contribution in [2.45, 2.75) is 6.04 Å². The van der Waals surface area contributed by atoms with Gasteiger partial charge in [0.15, 0.2) is 0 Å². The van der Waals surface area contributed by atoms with Crippen LogP contribution in [0.1, 0.15) is 11.6 Å². The van der Waals surface area contributed by atoms with Crippen molar-refractivity contribution in [1.29, 1.82) is 5.26 Å². The Labute approximate surface area is 118 Å². The molecule has 0 aliphatic carbocycles. The lowest BCUT2D eigenvalue weighted by molar-refractivity contribution is 0.414. The number of methoxy groups -OCH3 is 2. The molecule has 0 unspecified atom stereocenters. The first-order valence-electron chi connectivity index (χ1n) is 6.21. The quantitative estimate of drug-likeness (QED) is 0.903. The molecule has 0 fully saturated rings. The standard InChI is InChI=1S/C16H16N2O2/c1-19-14-7-3-12(4-8-14)16(11-17)18-13-5-9-15(20-2)10-6-13/h3-10,16,18H,1-2H3/t16-/m1/s1. The summed E-state index contributed by atoms with van der Waals surface area (Å²) in [5, 5.41) is 12.5. The Morgan fingerprint density at radius 1 is 0.900 bits per heavy atom. The number of nitrogens with zero attached hydrogens (tertiary/aromatic N) is 1. The highest BCUT2D eigenvalue weighted by Crippen LogP contribution is 2.23. The summed E-state index contributed by atoms with van der Waals surface area (Å²) in [6, 6.07) is 16.8. The van der Waals surface area contributed by atoms with Gasteiger partial charge in [0.1, 0.15) is 17.5 Å². The first-order chi connectivity index (χ1) is 9.76. The molecular weight excluding hydrogens is 252 g/mol. The van der Waals surface area contributed by atoms with Crippen molar-refractivity contribution in [3.05, 3.63) is 54.1 Å². The molecule has 1 N–H and O–H groups in total. The molecule has 102 valence electrons. The molecule has 4 heteroatoms. The van der Waals surface area contributed by atoms with Crippen LogP contribution in [0, 0.1) is 11.3 Å². The van der Waals surface area contributed by atoms with Gasteiger partial charge in [-0.1, -0.05) is 12.1 Å². The summed E-state index contributed by atoms with van der Waals surface area (Å²) in [4.78, 5) is 0. The van der Waals surface area contributed by atoms with Gasteiger partial charge in [-0.3, -0.25) is 0 Å². The van der Waals surface area contributed by atoms with E-state index >= 15 is 0 Å². The highest BCUT2D eigenvalue weighted by atomic mass is 16.5. The summed E-state index contributed by atoms with van der Waals surface area (Å²) in [6.07, 6.45) is 0. The Kier molecular flexibility index (Phi) is 4.46. The van der Waals surface area contributed by atoms with Gasteiger partial charge in [0.05, 0.1) is 20.3 Å². The van der Waals surface area contributed by atoms with Gasteiger partial charge in [-0.2, -0.15) is 5.26 Å². The van der Waals surface area contributed by atoms with E-state index in [9.17, 15) is 5.26 Å². The van der Waals surface area contributed by atoms with Crippen LogP contribution in [-0.4, -0.2) is 14.2 Å². The van der Waals surface area contributed by atoms with E-state index < -0.39 is 6.04 Å². The van der Waals surface area contributed by atoms with E-state index in [1.54, 1.807) is 14.2 Å². The highest BCUT2D eigenvalue weighted by molar-refractivity contribution is 5.50. The van der Waals surface area contributed by atoms with Crippen LogP contribution in [-0.2, 0) is 0 Å². The second kappa shape index (κ2) is 6.48. The van der Waals surface area contributed by atoms with Crippen molar-refractivity contribution in [1.82, 2.24) is 0 Å². The Hall–Kier alpha value is -2.67. The van der Waals surface area contributed by atoms with Gasteiger partial charge in [0.2, 0.25) is 0 Å². The average molecular weight is 268 g/mol. The minimum absolute atomic E-state index is 0.408. The number of nitriles is 1. The second-order valence-corrected chi connectivity index (χ2v) is 4.21. The van der Waals surface area contributed by atoms with Crippen LogP contribution in [0.25, 0.3) is 0 Å². The van der Waals surface area contributed by atoms with Crippen molar-refractivity contribution in [2.24, 2.45) is 0 Å². The molecule has 4 nitrogen and oxygen atoms in total. The third-order valence-electron chi connectivity index (χ3n) is 2.98. The predicted octanol–water partition coefficient (Wildman–Crippen LogP) is 3.38. The fourth-order valence-corrected chi connectivity index (χ4v) is 1.84. The van der Waals surface area contributed by atoms with Gasteiger partial charge in [0.25, 0.3) is 0 Å². The summed E-state index contributed by atoms with van der Waals surface area (Å²) in [6.45, 7) is 0. The average Bonchev–Trinajstić information content (AvgIpc) is 2.53. The molecule has 0 radical (unpaired) electrons. The van der Waals surface area contributed by atoms with E-state index in [2.05, 4.69) is 11.4 Å². The maximum Gasteiger partial charge on any atom is 0.140 e. The number of hydrogen-bond donors (Lipinski definition) is 1. The zero-order valence-electron chi connectivity index (χ0n) is 11.5. The van der Waals surface area contributed by atoms with E-state index in [4.69, 9.17) is 9.47 Å². The zero-order chi connectivity index (χ0) is 14.4. The molecule has 0 bridgehead atoms. The summed E-state index contributed by atoms with van der Waals surface area (Å²) in [5.74, 6) is 1.56. The van der Waals surface area contributed by atoms with Crippen LogP contribution in [0.3, 0.4) is 0 Å². The summed E-state index contributed by atoms with van der Waals surface area (Å²) < 4.78 is 10.2. The molecule has 2 aromatic rings. The normalized spacial score (nSPS) is 11.2. The first kappa shape index (κ1) is 13.8. The largest absolute Gasteiger partial charge is 0.497 e. The molecule has 20 heavy (non-hydrogen) atoms. The molecule has 0 aromatic heterocycles. The fourth-order valence-electron chi connectivity index (χ4n) is 1.84. The van der Waals surface area contributed by atoms with Gasteiger partial charge in [-0.15, -0.1) is 0 Å². The number of anilines is 1. The number of rotatable bonds is 5. The van der Waals surface area contributed by atoms with Crippen LogP contribution >= 0.6 is 0 Å². The van der Waals surface area contributed by atoms with E-state index in [1.807, 2.05) is 48.5 Å². The summed E-state index contributed by atoms with van der Waals surface area (Å²) >= 11 is 0. The van der Waals surface area contributed by atoms with Crippen molar-refractivity contribution in [3.8, 4) is 17.6 Å². The minimum Gasteiger partial charge on any atom is -0.497 e. The third-order valence-corrected chi connectivity index (χ3v) is 2.98. The summed E-state index contributed by atoms with van der Waals surface area (Å²) in [7, 11) is 3.24. The molecule has 0 saturated heterocycles. The smallest absolute Gasteiger partial charge is 0.140 e. The second-order valence-electron chi connectivity index (χ2n) is 4.21. The van der Waals surface area contributed by atoms with E-state index in [1.165, 1.54) is 0 Å². The Morgan fingerprint density at radius 3 is 1.85 bits per heavy atom. The molecule has 2 rings (SSSR count). The SMILES string of the molecule is COc1ccc(N[C@H](C#N)c2ccc(OC)cc2)cc1. The maximum atomic E-state index is 9.30. The van der Waals surface area contributed by atoms with Crippen LogP contribution in [0.15, 0.2) is 48.5 Å². The summed E-state index contributed by atoms with van der Waals surface area (Å²) in [5.41, 5.74) is 1.76. The first-order valence-corrected chi connectivity index (χ1v) is 6.21. The Balaban J connectivity index is 2.13. The van der Waals surface area contributed by atoms with Crippen molar-refractivity contribution < 1.29 is 9.47 Å². The molecule has 1 atom stereocenters. The van der Waals surface area contributed by atoms with Crippen LogP contribution < -0.4 is 14.8 Å². The van der Waals surface area contributed by atoms with Crippen LogP contribution in [0.5, 0.6) is 11.5 Å². The Morgan fingerprint density at radius 2 is 1.40 bits per heavy atom. The fraction of sp³-hybridized carbons (Fsp3) is 0.188. The minimum atomic E-state index is -0.408. The van der Waals surface area contributed by atoms with Gasteiger partial charge >= 0.3 is 0 Å². The van der Waals surface area contributed by atoms with E-state index in [0.717, 1.165) is 22.7 Å². The van der Waals surface area contributed by atoms with Crippen molar-refractivity contribution in [3.63, 3.8) is 0 Å². The number of hydrogen-bond acceptors (Lipinski definition) is 4. The van der Waals surface area contributed by atoms with E-state index in [0.29, 0.717) is 0 Å². The zero-order valence-corrected chi connectivity index (χ0v) is 11.5. The van der Waals surface area contributed by atoms with Crippen LogP contribution in [0.4, 0.5) is 5.69 Å². The maximum absolute atomic E-state index is 9.30. The van der Waals surface area contributed by atoms with Gasteiger partial charge in [-0.25, -0.2) is 0 Å². The molecule has 2 aromatic carbocycles. The lowest BCUT2D eigenvalue weighted by Gasteiger charge is -2.14. The van der Waals surface area contributed by atoms with Gasteiger partial charge in [-0.05, 0) is 42.0 Å². The topological polar surface area (TPSA) is 54.3 Å². The van der Waals surface area contributed by atoms with Gasteiger partial charge in [0, 0.05) is 5.69 Å². The molecule has 0 spiro atoms. The Bertz CT molecular complexity index is 585.